The number of ether oxygens (including phenoxy) is 1. The van der Waals surface area contributed by atoms with E-state index < -0.39 is 0 Å². The minimum absolute atomic E-state index is 0.581. The zero-order chi connectivity index (χ0) is 16.2. The van der Waals surface area contributed by atoms with Crippen LogP contribution in [0.4, 0.5) is 0 Å². The summed E-state index contributed by atoms with van der Waals surface area (Å²) in [6.45, 7) is 0. The molecule has 2 N–H and O–H groups in total. The number of benzene rings is 2. The number of rotatable bonds is 5. The molecule has 1 aromatic heterocycles. The summed E-state index contributed by atoms with van der Waals surface area (Å²) in [7, 11) is 1.62. The van der Waals surface area contributed by atoms with Crippen molar-refractivity contribution in [1.29, 1.82) is 0 Å². The van der Waals surface area contributed by atoms with E-state index in [1.807, 2.05) is 42.5 Å². The van der Waals surface area contributed by atoms with Crippen molar-refractivity contribution in [3.63, 3.8) is 0 Å². The summed E-state index contributed by atoms with van der Waals surface area (Å²) in [5, 5.41) is 9.05. The highest BCUT2D eigenvalue weighted by Gasteiger charge is 2.15. The summed E-state index contributed by atoms with van der Waals surface area (Å²) in [5.41, 5.74) is 2.00. The van der Waals surface area contributed by atoms with E-state index in [9.17, 15) is 0 Å². The predicted molar refractivity (Wildman–Crippen MR) is 95.9 cm³/mol. The normalized spacial score (nSPS) is 10.7. The van der Waals surface area contributed by atoms with E-state index in [2.05, 4.69) is 32.2 Å². The first-order chi connectivity index (χ1) is 11.2. The lowest BCUT2D eigenvalue weighted by Gasteiger charge is -2.08. The van der Waals surface area contributed by atoms with Gasteiger partial charge in [0.1, 0.15) is 5.75 Å². The third-order valence-electron chi connectivity index (χ3n) is 3.33. The largest absolute Gasteiger partial charge is 0.496 e. The zero-order valence-corrected chi connectivity index (χ0v) is 14.8. The third-order valence-corrected chi connectivity index (χ3v) is 5.09. The molecule has 0 saturated carbocycles. The molecule has 0 radical (unpaired) electrons. The number of para-hydroxylation sites is 1. The van der Waals surface area contributed by atoms with Crippen LogP contribution < -0.4 is 10.6 Å². The van der Waals surface area contributed by atoms with Crippen LogP contribution in [-0.4, -0.2) is 22.0 Å². The molecule has 0 unspecified atom stereocenters. The van der Waals surface area contributed by atoms with Crippen LogP contribution in [0.5, 0.6) is 5.75 Å². The molecule has 1 heterocycles. The van der Waals surface area contributed by atoms with Crippen molar-refractivity contribution < 1.29 is 4.74 Å². The van der Waals surface area contributed by atoms with Gasteiger partial charge in [-0.3, -0.25) is 0 Å². The Bertz CT molecular complexity index is 821. The van der Waals surface area contributed by atoms with Gasteiger partial charge in [-0.05, 0) is 23.8 Å². The number of thioether (sulfide) groups is 1. The fourth-order valence-corrected chi connectivity index (χ4v) is 3.62. The van der Waals surface area contributed by atoms with E-state index in [1.165, 1.54) is 22.0 Å². The van der Waals surface area contributed by atoms with E-state index in [0.717, 1.165) is 15.8 Å². The van der Waals surface area contributed by atoms with E-state index >= 15 is 0 Å². The highest BCUT2D eigenvalue weighted by atomic mass is 79.9. The van der Waals surface area contributed by atoms with Crippen LogP contribution in [0.2, 0.25) is 0 Å². The number of methoxy groups -OCH3 is 1. The number of aromatic nitrogens is 3. The van der Waals surface area contributed by atoms with Crippen LogP contribution in [-0.2, 0) is 5.75 Å². The lowest BCUT2D eigenvalue weighted by atomic mass is 10.2. The maximum Gasteiger partial charge on any atom is 0.210 e. The van der Waals surface area contributed by atoms with Crippen LogP contribution in [0, 0.1) is 0 Å². The zero-order valence-electron chi connectivity index (χ0n) is 12.4. The second kappa shape index (κ2) is 7.06. The minimum Gasteiger partial charge on any atom is -0.496 e. The number of hydrogen-bond donors (Lipinski definition) is 1. The number of nitrogens with two attached hydrogens (primary N) is 1. The Morgan fingerprint density at radius 2 is 1.87 bits per heavy atom. The quantitative estimate of drug-likeness (QED) is 0.531. The van der Waals surface area contributed by atoms with Crippen LogP contribution in [0.15, 0.2) is 58.2 Å². The van der Waals surface area contributed by atoms with Crippen LogP contribution >= 0.6 is 27.7 Å². The van der Waals surface area contributed by atoms with Gasteiger partial charge < -0.3 is 10.6 Å². The van der Waals surface area contributed by atoms with E-state index in [4.69, 9.17) is 10.6 Å². The molecule has 0 aliphatic carbocycles. The third kappa shape index (κ3) is 3.35. The molecule has 7 heteroatoms. The summed E-state index contributed by atoms with van der Waals surface area (Å²) in [6, 6.07) is 15.7. The highest BCUT2D eigenvalue weighted by molar-refractivity contribution is 9.10. The molecule has 5 nitrogen and oxygen atoms in total. The van der Waals surface area contributed by atoms with Crippen molar-refractivity contribution in [1.82, 2.24) is 14.9 Å². The molecule has 0 fully saturated rings. The van der Waals surface area contributed by atoms with Gasteiger partial charge in [0.2, 0.25) is 5.16 Å². The van der Waals surface area contributed by atoms with Gasteiger partial charge in [-0.25, -0.2) is 4.68 Å². The molecule has 3 aromatic rings. The summed E-state index contributed by atoms with van der Waals surface area (Å²) in [5.74, 6) is 8.21. The van der Waals surface area contributed by atoms with Gasteiger partial charge in [0.25, 0.3) is 0 Å². The van der Waals surface area contributed by atoms with Gasteiger partial charge in [-0.1, -0.05) is 58.0 Å². The number of hydrogen-bond acceptors (Lipinski definition) is 5. The van der Waals surface area contributed by atoms with Gasteiger partial charge >= 0.3 is 0 Å². The van der Waals surface area contributed by atoms with Gasteiger partial charge in [-0.2, -0.15) is 0 Å². The minimum atomic E-state index is 0.581. The Morgan fingerprint density at radius 3 is 2.65 bits per heavy atom. The summed E-state index contributed by atoms with van der Waals surface area (Å²) >= 11 is 5.08. The number of nitrogen functional groups attached to an aromatic ring is 1. The number of halogens is 1. The molecule has 0 saturated heterocycles. The van der Waals surface area contributed by atoms with Crippen molar-refractivity contribution in [3.05, 3.63) is 58.6 Å². The molecule has 0 spiro atoms. The Kier molecular flexibility index (Phi) is 4.88. The van der Waals surface area contributed by atoms with E-state index in [1.54, 1.807) is 7.11 Å². The Morgan fingerprint density at radius 1 is 1.13 bits per heavy atom. The first kappa shape index (κ1) is 15.9. The fourth-order valence-electron chi connectivity index (χ4n) is 2.15. The lowest BCUT2D eigenvalue weighted by Crippen LogP contribution is -2.12. The van der Waals surface area contributed by atoms with Crippen LogP contribution in [0.25, 0.3) is 11.4 Å². The second-order valence-corrected chi connectivity index (χ2v) is 6.55. The van der Waals surface area contributed by atoms with E-state index in [-0.39, 0.29) is 0 Å². The molecule has 3 rings (SSSR count). The average Bonchev–Trinajstić information content (AvgIpc) is 2.95. The summed E-state index contributed by atoms with van der Waals surface area (Å²) < 4.78 is 7.93. The molecular formula is C16H15BrN4OS. The predicted octanol–water partition coefficient (Wildman–Crippen LogP) is 3.72. The van der Waals surface area contributed by atoms with Crippen molar-refractivity contribution in [2.24, 2.45) is 0 Å². The monoisotopic (exact) mass is 390 g/mol. The smallest absolute Gasteiger partial charge is 0.210 e. The van der Waals surface area contributed by atoms with Crippen molar-refractivity contribution >= 4 is 27.7 Å². The number of nitrogens with zero attached hydrogens (tertiary/aromatic N) is 3. The van der Waals surface area contributed by atoms with Crippen molar-refractivity contribution in [2.45, 2.75) is 10.9 Å². The van der Waals surface area contributed by atoms with Crippen LogP contribution in [0.1, 0.15) is 5.56 Å². The molecule has 0 atom stereocenters. The van der Waals surface area contributed by atoms with Gasteiger partial charge in [0.05, 0.1) is 12.7 Å². The topological polar surface area (TPSA) is 66.0 Å². The van der Waals surface area contributed by atoms with Gasteiger partial charge in [-0.15, -0.1) is 10.2 Å². The molecule has 0 bridgehead atoms. The summed E-state index contributed by atoms with van der Waals surface area (Å²) in [4.78, 5) is 0. The van der Waals surface area contributed by atoms with E-state index in [0.29, 0.717) is 16.7 Å². The van der Waals surface area contributed by atoms with Gasteiger partial charge in [0.15, 0.2) is 5.82 Å². The average molecular weight is 391 g/mol. The Hall–Kier alpha value is -1.99. The lowest BCUT2D eigenvalue weighted by molar-refractivity contribution is 0.416. The first-order valence-electron chi connectivity index (χ1n) is 6.91. The van der Waals surface area contributed by atoms with Crippen LogP contribution in [0.3, 0.4) is 0 Å². The Labute approximate surface area is 147 Å². The molecular weight excluding hydrogens is 376 g/mol. The molecule has 0 aliphatic rings. The standard InChI is InChI=1S/C16H15BrN4OS/c1-22-14-9-5-3-7-12(14)15-19-20-16(21(15)18)23-10-11-6-2-4-8-13(11)17/h2-9H,10,18H2,1H3. The molecule has 2 aromatic carbocycles. The molecule has 118 valence electrons. The van der Waals surface area contributed by atoms with Gasteiger partial charge in [0, 0.05) is 10.2 Å². The first-order valence-corrected chi connectivity index (χ1v) is 8.68. The fraction of sp³-hybridized carbons (Fsp3) is 0.125. The Balaban J connectivity index is 1.84. The maximum absolute atomic E-state index is 6.16. The molecule has 23 heavy (non-hydrogen) atoms. The summed E-state index contributed by atoms with van der Waals surface area (Å²) in [6.07, 6.45) is 0. The van der Waals surface area contributed by atoms with Crippen molar-refractivity contribution in [2.75, 3.05) is 13.0 Å². The molecule has 0 amide bonds. The maximum atomic E-state index is 6.16. The molecule has 0 aliphatic heterocycles. The highest BCUT2D eigenvalue weighted by Crippen LogP contribution is 2.31. The second-order valence-electron chi connectivity index (χ2n) is 4.76. The van der Waals surface area contributed by atoms with Crippen molar-refractivity contribution in [3.8, 4) is 17.1 Å². The SMILES string of the molecule is COc1ccccc1-c1nnc(SCc2ccccc2Br)n1N.